The van der Waals surface area contributed by atoms with Gasteiger partial charge in [0.25, 0.3) is 0 Å². The minimum atomic E-state index is -4.44. The lowest BCUT2D eigenvalue weighted by Crippen LogP contribution is -2.37. The third-order valence-corrected chi connectivity index (χ3v) is 10.8. The number of allylic oxidation sites excluding steroid dienone is 12. The SMILES string of the molecule is CC/C=C\C[C@H](O)/C=C/C=C\C/C=C\C=C\[C@H](O)/C=C\CCCC(=O)O[C@H](COC(=O)CCCCCCCCCCC/C=C\C/C=C\CCCCC)COP(=O)(O)OCC[N+](C)(C)C. The number of hydrogen-bond donors (Lipinski definition) is 3. The second kappa shape index (κ2) is 42.5. The summed E-state index contributed by atoms with van der Waals surface area (Å²) < 4.78 is 34.2. The molecule has 12 heteroatoms. The number of esters is 2. The Kier molecular flexibility index (Phi) is 40.4. The Morgan fingerprint density at radius 3 is 1.81 bits per heavy atom. The number of hydrogen-bond acceptors (Lipinski definition) is 9. The number of ether oxygens (including phenoxy) is 2. The number of nitrogens with zero attached hydrogens (tertiary/aromatic N) is 1. The van der Waals surface area contributed by atoms with Crippen molar-refractivity contribution in [1.82, 2.24) is 0 Å². The molecule has 0 radical (unpaired) electrons. The highest BCUT2D eigenvalue weighted by Crippen LogP contribution is 2.43. The van der Waals surface area contributed by atoms with Gasteiger partial charge in [0.2, 0.25) is 0 Å². The topological polar surface area (TPSA) is 149 Å². The minimum absolute atomic E-state index is 0.0123. The maximum Gasteiger partial charge on any atom is 0.472 e. The van der Waals surface area contributed by atoms with Gasteiger partial charge in [0, 0.05) is 12.8 Å². The summed E-state index contributed by atoms with van der Waals surface area (Å²) in [4.78, 5) is 35.5. The summed E-state index contributed by atoms with van der Waals surface area (Å²) in [7, 11) is 1.33. The molecule has 0 fully saturated rings. The van der Waals surface area contributed by atoms with E-state index in [0.717, 1.165) is 38.5 Å². The molecular weight excluding hydrogens is 830 g/mol. The summed E-state index contributed by atoms with van der Waals surface area (Å²) in [6.07, 6.45) is 49.6. The number of aliphatic hydroxyl groups is 2. The Morgan fingerprint density at radius 1 is 0.594 bits per heavy atom. The predicted octanol–water partition coefficient (Wildman–Crippen LogP) is 12.1. The van der Waals surface area contributed by atoms with Gasteiger partial charge in [0.15, 0.2) is 6.10 Å². The number of aliphatic hydroxyl groups excluding tert-OH is 2. The van der Waals surface area contributed by atoms with Crippen LogP contribution >= 0.6 is 7.82 Å². The van der Waals surface area contributed by atoms with Crippen LogP contribution < -0.4 is 0 Å². The summed E-state index contributed by atoms with van der Waals surface area (Å²) >= 11 is 0. The van der Waals surface area contributed by atoms with E-state index in [9.17, 15) is 29.3 Å². The van der Waals surface area contributed by atoms with Crippen molar-refractivity contribution in [2.24, 2.45) is 0 Å². The van der Waals surface area contributed by atoms with Gasteiger partial charge >= 0.3 is 19.8 Å². The van der Waals surface area contributed by atoms with Crippen molar-refractivity contribution in [3.05, 3.63) is 97.2 Å². The van der Waals surface area contributed by atoms with Crippen LogP contribution in [0.15, 0.2) is 97.2 Å². The molecule has 0 aliphatic heterocycles. The van der Waals surface area contributed by atoms with E-state index in [1.54, 1.807) is 30.4 Å². The van der Waals surface area contributed by atoms with Gasteiger partial charge in [-0.05, 0) is 70.6 Å². The van der Waals surface area contributed by atoms with Crippen molar-refractivity contribution in [2.45, 2.75) is 173 Å². The largest absolute Gasteiger partial charge is 0.472 e. The van der Waals surface area contributed by atoms with Gasteiger partial charge in [0.05, 0.1) is 40.0 Å². The summed E-state index contributed by atoms with van der Waals surface area (Å²) in [6, 6.07) is 0. The van der Waals surface area contributed by atoms with E-state index in [1.165, 1.54) is 57.8 Å². The quantitative estimate of drug-likeness (QED) is 0.0135. The Bertz CT molecular complexity index is 1440. The van der Waals surface area contributed by atoms with Gasteiger partial charge in [-0.15, -0.1) is 0 Å². The first-order chi connectivity index (χ1) is 30.8. The van der Waals surface area contributed by atoms with Crippen LogP contribution in [0.3, 0.4) is 0 Å². The molecule has 0 heterocycles. The van der Waals surface area contributed by atoms with E-state index in [0.29, 0.717) is 43.1 Å². The zero-order chi connectivity index (χ0) is 47.4. The maximum atomic E-state index is 12.7. The van der Waals surface area contributed by atoms with Crippen LogP contribution in [0.5, 0.6) is 0 Å². The first-order valence-corrected chi connectivity index (χ1v) is 25.7. The molecule has 0 aromatic carbocycles. The number of unbranched alkanes of at least 4 members (excludes halogenated alkanes) is 13. The average Bonchev–Trinajstić information content (AvgIpc) is 3.24. The fraction of sp³-hybridized carbons (Fsp3) is 0.654. The van der Waals surface area contributed by atoms with Gasteiger partial charge in [-0.2, -0.15) is 0 Å². The van der Waals surface area contributed by atoms with E-state index in [1.807, 2.05) is 63.7 Å². The number of carbonyl (C=O) groups is 2. The molecular formula is C52H89NO10P+. The first kappa shape index (κ1) is 60.9. The molecule has 0 spiro atoms. The van der Waals surface area contributed by atoms with Gasteiger partial charge < -0.3 is 29.1 Å². The van der Waals surface area contributed by atoms with E-state index in [2.05, 4.69) is 38.2 Å². The average molecular weight is 919 g/mol. The van der Waals surface area contributed by atoms with Gasteiger partial charge in [0.1, 0.15) is 19.8 Å². The Labute approximate surface area is 389 Å². The highest BCUT2D eigenvalue weighted by atomic mass is 31.2. The van der Waals surface area contributed by atoms with Crippen LogP contribution in [0, 0.1) is 0 Å². The molecule has 64 heavy (non-hydrogen) atoms. The fourth-order valence-electron chi connectivity index (χ4n) is 5.96. The molecule has 0 aromatic rings. The molecule has 0 saturated carbocycles. The van der Waals surface area contributed by atoms with Crippen LogP contribution in [0.25, 0.3) is 0 Å². The van der Waals surface area contributed by atoms with E-state index >= 15 is 0 Å². The van der Waals surface area contributed by atoms with Crippen LogP contribution in [0.2, 0.25) is 0 Å². The van der Waals surface area contributed by atoms with E-state index in [-0.39, 0.29) is 26.1 Å². The van der Waals surface area contributed by atoms with E-state index in [4.69, 9.17) is 18.5 Å². The van der Waals surface area contributed by atoms with Crippen LogP contribution in [0.1, 0.15) is 155 Å². The Hall–Kier alpha value is -3.15. The van der Waals surface area contributed by atoms with Gasteiger partial charge in [-0.1, -0.05) is 169 Å². The van der Waals surface area contributed by atoms with Crippen molar-refractivity contribution >= 4 is 19.8 Å². The second-order valence-electron chi connectivity index (χ2n) is 17.2. The molecule has 0 rings (SSSR count). The number of rotatable bonds is 42. The second-order valence-corrected chi connectivity index (χ2v) is 18.6. The Morgan fingerprint density at radius 2 is 1.17 bits per heavy atom. The van der Waals surface area contributed by atoms with Crippen molar-refractivity contribution in [3.8, 4) is 0 Å². The molecule has 1 unspecified atom stereocenters. The summed E-state index contributed by atoms with van der Waals surface area (Å²) in [5.41, 5.74) is 0. The van der Waals surface area contributed by atoms with Crippen molar-refractivity contribution < 1.29 is 52.3 Å². The summed E-state index contributed by atoms with van der Waals surface area (Å²) in [6.45, 7) is 3.96. The lowest BCUT2D eigenvalue weighted by Gasteiger charge is -2.24. The summed E-state index contributed by atoms with van der Waals surface area (Å²) in [5, 5.41) is 20.1. The minimum Gasteiger partial charge on any atom is -0.462 e. The number of quaternary nitrogens is 1. The molecule has 0 bridgehead atoms. The van der Waals surface area contributed by atoms with E-state index < -0.39 is 44.7 Å². The highest BCUT2D eigenvalue weighted by Gasteiger charge is 2.27. The van der Waals surface area contributed by atoms with Crippen molar-refractivity contribution in [3.63, 3.8) is 0 Å². The van der Waals surface area contributed by atoms with Crippen molar-refractivity contribution in [2.75, 3.05) is 47.5 Å². The smallest absolute Gasteiger partial charge is 0.462 e. The number of phosphoric acid groups is 1. The lowest BCUT2D eigenvalue weighted by atomic mass is 10.1. The lowest BCUT2D eigenvalue weighted by molar-refractivity contribution is -0.870. The summed E-state index contributed by atoms with van der Waals surface area (Å²) in [5.74, 6) is -0.994. The van der Waals surface area contributed by atoms with Crippen molar-refractivity contribution in [1.29, 1.82) is 0 Å². The molecule has 366 valence electrons. The number of phosphoric ester groups is 1. The van der Waals surface area contributed by atoms with Crippen LogP contribution in [0.4, 0.5) is 0 Å². The zero-order valence-corrected chi connectivity index (χ0v) is 41.3. The zero-order valence-electron chi connectivity index (χ0n) is 40.4. The Balaban J connectivity index is 4.56. The molecule has 0 aromatic heterocycles. The predicted molar refractivity (Wildman–Crippen MR) is 264 cm³/mol. The molecule has 0 saturated heterocycles. The monoisotopic (exact) mass is 919 g/mol. The standard InChI is InChI=1S/C52H88NO10P/c1-6-8-10-11-12-13-14-15-16-17-18-19-20-21-22-23-27-30-36-42-51(56)60-46-50(47-62-64(58,59)61-45-44-53(3,4)5)63-52(57)43-37-31-35-41-49(55)40-34-29-26-24-25-28-33-39-48(54)38-32-9-7-2/h9,12-13,15-16,25-26,28-29,32-35,39-41,48-50,54-55H,6-8,10-11,14,17-24,27,30-31,36-38,42-47H2,1-5H3/p+1/b13-12-,16-15-,28-25-,29-26-,32-9-,39-33+,40-34+,41-35-/t48-,49-,50+/m0/s1. The number of likely N-dealkylation sites (N-methyl/N-ethyl adjacent to an activating group) is 1. The third kappa shape index (κ3) is 45.4. The number of carbonyl (C=O) groups excluding carboxylic acids is 2. The molecule has 4 atom stereocenters. The van der Waals surface area contributed by atoms with Crippen LogP contribution in [-0.4, -0.2) is 97.3 Å². The molecule has 3 N–H and O–H groups in total. The molecule has 11 nitrogen and oxygen atoms in total. The van der Waals surface area contributed by atoms with Gasteiger partial charge in [-0.25, -0.2) is 4.57 Å². The molecule has 0 aliphatic rings. The van der Waals surface area contributed by atoms with Gasteiger partial charge in [-0.3, -0.25) is 18.6 Å². The normalized spacial score (nSPS) is 15.3. The molecule has 0 amide bonds. The maximum absolute atomic E-state index is 12.7. The fourth-order valence-corrected chi connectivity index (χ4v) is 6.70. The molecule has 0 aliphatic carbocycles. The first-order valence-electron chi connectivity index (χ1n) is 24.2. The van der Waals surface area contributed by atoms with Crippen LogP contribution in [-0.2, 0) is 32.7 Å². The highest BCUT2D eigenvalue weighted by molar-refractivity contribution is 7.47. The third-order valence-electron chi connectivity index (χ3n) is 9.77.